The van der Waals surface area contributed by atoms with Crippen LogP contribution in [0.3, 0.4) is 0 Å². The number of hydrogen-bond donors (Lipinski definition) is 0. The van der Waals surface area contributed by atoms with Gasteiger partial charge in [0.05, 0.1) is 0 Å². The van der Waals surface area contributed by atoms with Crippen molar-refractivity contribution in [3.05, 3.63) is 0 Å². The summed E-state index contributed by atoms with van der Waals surface area (Å²) in [5.74, 6) is 0. The van der Waals surface area contributed by atoms with Crippen molar-refractivity contribution in [1.82, 2.24) is 0 Å². The van der Waals surface area contributed by atoms with Crippen molar-refractivity contribution in [2.45, 2.75) is 77.9 Å². The van der Waals surface area contributed by atoms with Crippen LogP contribution < -0.4 is 0 Å². The maximum Gasteiger partial charge on any atom is 0.191 e. The molecule has 0 aromatic carbocycles. The van der Waals surface area contributed by atoms with E-state index in [2.05, 4.69) is 13.8 Å². The van der Waals surface area contributed by atoms with Gasteiger partial charge in [-0.3, -0.25) is 0 Å². The summed E-state index contributed by atoms with van der Waals surface area (Å²) < 4.78 is 5.21. The van der Waals surface area contributed by atoms with Gasteiger partial charge in [0.2, 0.25) is 0 Å². The van der Waals surface area contributed by atoms with Gasteiger partial charge in [-0.15, -0.1) is 0 Å². The van der Waals surface area contributed by atoms with Gasteiger partial charge in [0.15, 0.2) is 6.29 Å². The number of ether oxygens (including phenoxy) is 1. The van der Waals surface area contributed by atoms with Gasteiger partial charge in [0.25, 0.3) is 0 Å². The van der Waals surface area contributed by atoms with Gasteiger partial charge in [0, 0.05) is 13.0 Å². The second kappa shape index (κ2) is 12.0. The molecule has 0 aliphatic rings. The molecule has 1 atom stereocenters. The molecule has 0 heterocycles. The molecule has 15 heavy (non-hydrogen) atoms. The Hall–Kier alpha value is -0.0800. The highest BCUT2D eigenvalue weighted by Crippen LogP contribution is 2.07. The molecule has 0 spiro atoms. The van der Waals surface area contributed by atoms with Crippen LogP contribution in [0.1, 0.15) is 71.6 Å². The predicted molar refractivity (Wildman–Crippen MR) is 63.3 cm³/mol. The molecule has 0 rings (SSSR count). The average molecular weight is 215 g/mol. The summed E-state index contributed by atoms with van der Waals surface area (Å²) in [6.45, 7) is 5.01. The number of hydrogen-bond acceptors (Lipinski definition) is 1. The Morgan fingerprint density at radius 3 is 2.13 bits per heavy atom. The average Bonchev–Trinajstić information content (AvgIpc) is 2.23. The highest BCUT2D eigenvalue weighted by Gasteiger charge is 2.04. The van der Waals surface area contributed by atoms with Crippen LogP contribution >= 0.6 is 0 Å². The van der Waals surface area contributed by atoms with Gasteiger partial charge in [0.1, 0.15) is 0 Å². The van der Waals surface area contributed by atoms with E-state index in [9.17, 15) is 5.11 Å². The fraction of sp³-hybridized carbons (Fsp3) is 1.00. The predicted octanol–water partition coefficient (Wildman–Crippen LogP) is 4.31. The third-order valence-corrected chi connectivity index (χ3v) is 2.60. The van der Waals surface area contributed by atoms with Crippen molar-refractivity contribution in [3.63, 3.8) is 0 Å². The molecule has 0 saturated heterocycles. The second-order valence-corrected chi connectivity index (χ2v) is 4.21. The zero-order chi connectivity index (χ0) is 11.4. The van der Waals surface area contributed by atoms with Crippen molar-refractivity contribution in [2.24, 2.45) is 0 Å². The van der Waals surface area contributed by atoms with Crippen molar-refractivity contribution < 1.29 is 9.84 Å². The lowest BCUT2D eigenvalue weighted by Crippen LogP contribution is -2.10. The zero-order valence-corrected chi connectivity index (χ0v) is 10.5. The van der Waals surface area contributed by atoms with Crippen LogP contribution in [-0.2, 0) is 9.84 Å². The first-order valence-corrected chi connectivity index (χ1v) is 6.58. The summed E-state index contributed by atoms with van der Waals surface area (Å²) in [5, 5.41) is 11.3. The maximum absolute atomic E-state index is 11.3. The van der Waals surface area contributed by atoms with Crippen LogP contribution in [0.25, 0.3) is 0 Å². The van der Waals surface area contributed by atoms with E-state index >= 15 is 0 Å². The van der Waals surface area contributed by atoms with E-state index in [1.54, 1.807) is 0 Å². The third-order valence-electron chi connectivity index (χ3n) is 2.60. The van der Waals surface area contributed by atoms with Crippen LogP contribution in [0.5, 0.6) is 0 Å². The molecule has 2 heteroatoms. The summed E-state index contributed by atoms with van der Waals surface area (Å²) in [4.78, 5) is 0. The van der Waals surface area contributed by atoms with Gasteiger partial charge in [-0.1, -0.05) is 52.4 Å². The highest BCUT2D eigenvalue weighted by molar-refractivity contribution is 4.46. The molecule has 91 valence electrons. The Balaban J connectivity index is 3.06. The summed E-state index contributed by atoms with van der Waals surface area (Å²) in [5.41, 5.74) is 0. The Kier molecular flexibility index (Phi) is 11.9. The molecule has 0 fully saturated rings. The van der Waals surface area contributed by atoms with Crippen LogP contribution in [0.2, 0.25) is 0 Å². The Bertz CT molecular complexity index is 115. The first-order valence-electron chi connectivity index (χ1n) is 6.58. The lowest BCUT2D eigenvalue weighted by molar-refractivity contribution is -0.144. The minimum atomic E-state index is -0.775. The van der Waals surface area contributed by atoms with Gasteiger partial charge >= 0.3 is 0 Å². The van der Waals surface area contributed by atoms with Crippen LogP contribution in [0.4, 0.5) is 0 Å². The first-order chi connectivity index (χ1) is 7.31. The minimum Gasteiger partial charge on any atom is -0.350 e. The van der Waals surface area contributed by atoms with Crippen molar-refractivity contribution in [1.29, 1.82) is 0 Å². The van der Waals surface area contributed by atoms with Gasteiger partial charge in [-0.05, 0) is 12.8 Å². The summed E-state index contributed by atoms with van der Waals surface area (Å²) >= 11 is 0. The second-order valence-electron chi connectivity index (χ2n) is 4.21. The summed E-state index contributed by atoms with van der Waals surface area (Å²) in [7, 11) is 0. The molecular formula is C13H27O2. The quantitative estimate of drug-likeness (QED) is 0.373. The molecule has 0 bridgehead atoms. The molecule has 0 saturated carbocycles. The maximum atomic E-state index is 11.3. The van der Waals surface area contributed by atoms with Gasteiger partial charge in [-0.2, -0.15) is 0 Å². The molecule has 0 N–H and O–H groups in total. The fourth-order valence-corrected chi connectivity index (χ4v) is 1.56. The van der Waals surface area contributed by atoms with E-state index in [-0.39, 0.29) is 0 Å². The topological polar surface area (TPSA) is 29.1 Å². The Labute approximate surface area is 95.0 Å². The van der Waals surface area contributed by atoms with Gasteiger partial charge < -0.3 is 4.74 Å². The van der Waals surface area contributed by atoms with E-state index < -0.39 is 6.29 Å². The molecular weight excluding hydrogens is 188 g/mol. The molecule has 0 aromatic rings. The molecule has 1 radical (unpaired) electrons. The standard InChI is InChI=1S/C13H27O2/c1-3-5-7-8-10-12-15-13(14)11-9-6-4-2/h13H,3-12H2,1-2H3. The normalized spacial score (nSPS) is 13.0. The van der Waals surface area contributed by atoms with E-state index in [4.69, 9.17) is 4.74 Å². The van der Waals surface area contributed by atoms with Crippen LogP contribution in [0, 0.1) is 0 Å². The monoisotopic (exact) mass is 215 g/mol. The molecule has 2 nitrogen and oxygen atoms in total. The molecule has 0 aliphatic heterocycles. The summed E-state index contributed by atoms with van der Waals surface area (Å²) in [6, 6.07) is 0. The summed E-state index contributed by atoms with van der Waals surface area (Å²) in [6.07, 6.45) is 9.34. The van der Waals surface area contributed by atoms with Crippen molar-refractivity contribution in [3.8, 4) is 0 Å². The fourth-order valence-electron chi connectivity index (χ4n) is 1.56. The van der Waals surface area contributed by atoms with Crippen molar-refractivity contribution in [2.75, 3.05) is 6.61 Å². The highest BCUT2D eigenvalue weighted by atomic mass is 16.6. The largest absolute Gasteiger partial charge is 0.350 e. The zero-order valence-electron chi connectivity index (χ0n) is 10.5. The van der Waals surface area contributed by atoms with E-state index in [1.807, 2.05) is 0 Å². The lowest BCUT2D eigenvalue weighted by Gasteiger charge is -2.09. The molecule has 0 aliphatic carbocycles. The lowest BCUT2D eigenvalue weighted by atomic mass is 10.2. The van der Waals surface area contributed by atoms with Crippen LogP contribution in [-0.4, -0.2) is 12.9 Å². The minimum absolute atomic E-state index is 0.657. The molecule has 0 aromatic heterocycles. The Morgan fingerprint density at radius 2 is 1.47 bits per heavy atom. The van der Waals surface area contributed by atoms with Crippen molar-refractivity contribution >= 4 is 0 Å². The van der Waals surface area contributed by atoms with E-state index in [1.165, 1.54) is 32.1 Å². The molecule has 1 unspecified atom stereocenters. The molecule has 0 amide bonds. The first kappa shape index (κ1) is 14.9. The Morgan fingerprint density at radius 1 is 0.867 bits per heavy atom. The SMILES string of the molecule is CCCCCCCOC([O])CCCCC. The number of unbranched alkanes of at least 4 members (excludes halogenated alkanes) is 6. The number of rotatable bonds is 11. The van der Waals surface area contributed by atoms with E-state index in [0.29, 0.717) is 13.0 Å². The van der Waals surface area contributed by atoms with E-state index in [0.717, 1.165) is 19.3 Å². The third kappa shape index (κ3) is 11.8. The van der Waals surface area contributed by atoms with Gasteiger partial charge in [-0.25, -0.2) is 5.11 Å². The van der Waals surface area contributed by atoms with Crippen LogP contribution in [0.15, 0.2) is 0 Å². The smallest absolute Gasteiger partial charge is 0.191 e.